The van der Waals surface area contributed by atoms with Gasteiger partial charge in [-0.05, 0) is 12.0 Å². The van der Waals surface area contributed by atoms with Gasteiger partial charge in [-0.1, -0.05) is 24.3 Å². The van der Waals surface area contributed by atoms with Crippen LogP contribution in [-0.4, -0.2) is 38.1 Å². The molecule has 0 saturated heterocycles. The van der Waals surface area contributed by atoms with E-state index in [9.17, 15) is 9.59 Å². The smallest absolute Gasteiger partial charge is 0.228 e. The summed E-state index contributed by atoms with van der Waals surface area (Å²) in [4.78, 5) is 31.2. The zero-order valence-corrected chi connectivity index (χ0v) is 15.7. The number of nitrogens with one attached hydrogen (secondary N) is 2. The molecule has 2 N–H and O–H groups in total. The maximum absolute atomic E-state index is 12.0. The lowest BCUT2D eigenvalue weighted by Gasteiger charge is -2.04. The van der Waals surface area contributed by atoms with Crippen molar-refractivity contribution in [1.82, 2.24) is 25.1 Å². The van der Waals surface area contributed by atoms with Crippen LogP contribution in [0.15, 0.2) is 42.3 Å². The van der Waals surface area contributed by atoms with Crippen LogP contribution in [0.3, 0.4) is 0 Å². The third kappa shape index (κ3) is 5.71. The molecule has 0 aliphatic carbocycles. The number of carbonyl (C=O) groups excluding carboxylic acids is 2. The number of carbonyl (C=O) groups is 2. The first kappa shape index (κ1) is 18.7. The molecule has 0 atom stereocenters. The van der Waals surface area contributed by atoms with Gasteiger partial charge < -0.3 is 10.6 Å². The maximum atomic E-state index is 12.0. The summed E-state index contributed by atoms with van der Waals surface area (Å²) in [6.45, 7) is 2.61. The Balaban J connectivity index is 1.52. The van der Waals surface area contributed by atoms with Gasteiger partial charge in [0.1, 0.15) is 12.7 Å². The molecule has 2 aromatic heterocycles. The highest BCUT2D eigenvalue weighted by atomic mass is 32.1. The van der Waals surface area contributed by atoms with Gasteiger partial charge in [0.05, 0.1) is 12.2 Å². The summed E-state index contributed by atoms with van der Waals surface area (Å²) in [5.41, 5.74) is 2.95. The van der Waals surface area contributed by atoms with Gasteiger partial charge in [0.2, 0.25) is 11.8 Å². The van der Waals surface area contributed by atoms with E-state index < -0.39 is 0 Å². The minimum absolute atomic E-state index is 0.0232. The highest BCUT2D eigenvalue weighted by molar-refractivity contribution is 7.14. The SMILES string of the molecule is CC(=O)NCCc1ccc(-c2csc(NC(=O)CCn3cncn3)n2)cc1. The molecule has 0 unspecified atom stereocenters. The van der Waals surface area contributed by atoms with E-state index >= 15 is 0 Å². The third-order valence-corrected chi connectivity index (χ3v) is 4.58. The zero-order chi connectivity index (χ0) is 19.1. The summed E-state index contributed by atoms with van der Waals surface area (Å²) in [6.07, 6.45) is 4.11. The molecule has 0 aliphatic rings. The van der Waals surface area contributed by atoms with Gasteiger partial charge >= 0.3 is 0 Å². The van der Waals surface area contributed by atoms with Crippen LogP contribution in [0, 0.1) is 0 Å². The first-order valence-electron chi connectivity index (χ1n) is 8.52. The van der Waals surface area contributed by atoms with Crippen molar-refractivity contribution in [2.75, 3.05) is 11.9 Å². The van der Waals surface area contributed by atoms with Crippen molar-refractivity contribution in [2.45, 2.75) is 26.3 Å². The number of hydrogen-bond acceptors (Lipinski definition) is 6. The van der Waals surface area contributed by atoms with Crippen LogP contribution in [-0.2, 0) is 22.6 Å². The molecular weight excluding hydrogens is 364 g/mol. The van der Waals surface area contributed by atoms with Gasteiger partial charge in [-0.3, -0.25) is 14.3 Å². The van der Waals surface area contributed by atoms with Gasteiger partial charge in [-0.15, -0.1) is 11.3 Å². The molecule has 0 fully saturated rings. The first-order valence-corrected chi connectivity index (χ1v) is 9.39. The molecule has 2 amide bonds. The molecule has 8 nitrogen and oxygen atoms in total. The molecule has 0 radical (unpaired) electrons. The summed E-state index contributed by atoms with van der Waals surface area (Å²) in [5.74, 6) is -0.135. The number of thiazole rings is 1. The van der Waals surface area contributed by atoms with Crippen LogP contribution >= 0.6 is 11.3 Å². The number of aryl methyl sites for hydroxylation is 1. The molecule has 0 bridgehead atoms. The molecule has 27 heavy (non-hydrogen) atoms. The maximum Gasteiger partial charge on any atom is 0.228 e. The van der Waals surface area contributed by atoms with Crippen LogP contribution < -0.4 is 10.6 Å². The third-order valence-electron chi connectivity index (χ3n) is 3.82. The predicted octanol–water partition coefficient (Wildman–Crippen LogP) is 2.11. The fourth-order valence-electron chi connectivity index (χ4n) is 2.43. The van der Waals surface area contributed by atoms with Crippen molar-refractivity contribution in [1.29, 1.82) is 0 Å². The molecule has 0 spiro atoms. The lowest BCUT2D eigenvalue weighted by molar-refractivity contribution is -0.119. The number of nitrogens with zero attached hydrogens (tertiary/aromatic N) is 4. The van der Waals surface area contributed by atoms with Crippen LogP contribution in [0.4, 0.5) is 5.13 Å². The second-order valence-corrected chi connectivity index (χ2v) is 6.78. The van der Waals surface area contributed by atoms with E-state index in [2.05, 4.69) is 25.7 Å². The lowest BCUT2D eigenvalue weighted by atomic mass is 10.1. The van der Waals surface area contributed by atoms with E-state index in [0.717, 1.165) is 23.2 Å². The number of hydrogen-bond donors (Lipinski definition) is 2. The standard InChI is InChI=1S/C18H20N6O2S/c1-13(25)20-8-6-14-2-4-15(5-3-14)16-10-27-18(22-16)23-17(26)7-9-24-12-19-11-21-24/h2-5,10-12H,6-9H2,1H3,(H,20,25)(H,22,23,26). The Kier molecular flexibility index (Phi) is 6.26. The highest BCUT2D eigenvalue weighted by Gasteiger charge is 2.09. The van der Waals surface area contributed by atoms with E-state index in [-0.39, 0.29) is 11.8 Å². The average Bonchev–Trinajstić information content (AvgIpc) is 3.32. The fourth-order valence-corrected chi connectivity index (χ4v) is 3.17. The highest BCUT2D eigenvalue weighted by Crippen LogP contribution is 2.25. The average molecular weight is 384 g/mol. The molecule has 9 heteroatoms. The number of aromatic nitrogens is 4. The summed E-state index contributed by atoms with van der Waals surface area (Å²) in [5, 5.41) is 12.0. The molecule has 0 aliphatic heterocycles. The predicted molar refractivity (Wildman–Crippen MR) is 103 cm³/mol. The Morgan fingerprint density at radius 3 is 2.74 bits per heavy atom. The first-order chi connectivity index (χ1) is 13.1. The molecular formula is C18H20N6O2S. The fraction of sp³-hybridized carbons (Fsp3) is 0.278. The molecule has 1 aromatic carbocycles. The Hall–Kier alpha value is -3.07. The molecule has 2 heterocycles. The van der Waals surface area contributed by atoms with Crippen LogP contribution in [0.5, 0.6) is 0 Å². The van der Waals surface area contributed by atoms with E-state index in [1.807, 2.05) is 29.6 Å². The normalized spacial score (nSPS) is 10.6. The van der Waals surface area contributed by atoms with E-state index in [0.29, 0.717) is 24.6 Å². The van der Waals surface area contributed by atoms with Crippen LogP contribution in [0.1, 0.15) is 18.9 Å². The topological polar surface area (TPSA) is 102 Å². The number of benzene rings is 1. The van der Waals surface area contributed by atoms with Gasteiger partial charge in [-0.25, -0.2) is 9.97 Å². The number of rotatable bonds is 8. The second kappa shape index (κ2) is 9.04. The number of anilines is 1. The molecule has 140 valence electrons. The Bertz CT molecular complexity index is 889. The van der Waals surface area contributed by atoms with Crippen molar-refractivity contribution in [3.05, 3.63) is 47.9 Å². The zero-order valence-electron chi connectivity index (χ0n) is 14.9. The van der Waals surface area contributed by atoms with Crippen molar-refractivity contribution < 1.29 is 9.59 Å². The van der Waals surface area contributed by atoms with Crippen LogP contribution in [0.25, 0.3) is 11.3 Å². The summed E-state index contributed by atoms with van der Waals surface area (Å²) >= 11 is 1.39. The van der Waals surface area contributed by atoms with Crippen LogP contribution in [0.2, 0.25) is 0 Å². The van der Waals surface area contributed by atoms with E-state index in [4.69, 9.17) is 0 Å². The van der Waals surface area contributed by atoms with Crippen molar-refractivity contribution in [3.63, 3.8) is 0 Å². The van der Waals surface area contributed by atoms with Crippen molar-refractivity contribution in [2.24, 2.45) is 0 Å². The van der Waals surface area contributed by atoms with Gasteiger partial charge in [-0.2, -0.15) is 5.10 Å². The van der Waals surface area contributed by atoms with Gasteiger partial charge in [0.25, 0.3) is 0 Å². The molecule has 0 saturated carbocycles. The van der Waals surface area contributed by atoms with Crippen molar-refractivity contribution in [3.8, 4) is 11.3 Å². The number of amides is 2. The monoisotopic (exact) mass is 384 g/mol. The quantitative estimate of drug-likeness (QED) is 0.619. The summed E-state index contributed by atoms with van der Waals surface area (Å²) in [7, 11) is 0. The second-order valence-electron chi connectivity index (χ2n) is 5.92. The minimum atomic E-state index is -0.111. The van der Waals surface area contributed by atoms with Gasteiger partial charge in [0.15, 0.2) is 5.13 Å². The molecule has 3 rings (SSSR count). The Labute approximate surface area is 160 Å². The molecule has 3 aromatic rings. The van der Waals surface area contributed by atoms with Gasteiger partial charge in [0, 0.05) is 30.8 Å². The Morgan fingerprint density at radius 2 is 2.04 bits per heavy atom. The lowest BCUT2D eigenvalue weighted by Crippen LogP contribution is -2.22. The van der Waals surface area contributed by atoms with Crippen molar-refractivity contribution >= 4 is 28.3 Å². The van der Waals surface area contributed by atoms with E-state index in [1.165, 1.54) is 24.6 Å². The Morgan fingerprint density at radius 1 is 1.22 bits per heavy atom. The van der Waals surface area contributed by atoms with E-state index in [1.54, 1.807) is 11.0 Å². The minimum Gasteiger partial charge on any atom is -0.356 e. The summed E-state index contributed by atoms with van der Waals surface area (Å²) < 4.78 is 1.61. The largest absolute Gasteiger partial charge is 0.356 e. The summed E-state index contributed by atoms with van der Waals surface area (Å²) in [6, 6.07) is 8.03.